The average molecular weight is 375 g/mol. The monoisotopic (exact) mass is 375 g/mol. The van der Waals surface area contributed by atoms with Crippen LogP contribution in [-0.4, -0.2) is 74.6 Å². The second-order valence-corrected chi connectivity index (χ2v) is 7.08. The van der Waals surface area contributed by atoms with E-state index in [1.165, 1.54) is 0 Å². The first-order chi connectivity index (χ1) is 13.1. The summed E-state index contributed by atoms with van der Waals surface area (Å²) in [5, 5.41) is 3.10. The Hall–Kier alpha value is -2.28. The summed E-state index contributed by atoms with van der Waals surface area (Å²) in [5.74, 6) is 1.80. The van der Waals surface area contributed by atoms with E-state index in [1.54, 1.807) is 14.2 Å². The maximum absolute atomic E-state index is 12.8. The Bertz CT molecular complexity index is 679. The molecule has 1 aromatic rings. The lowest BCUT2D eigenvalue weighted by Gasteiger charge is -2.41. The van der Waals surface area contributed by atoms with Crippen molar-refractivity contribution < 1.29 is 19.1 Å². The van der Waals surface area contributed by atoms with Crippen LogP contribution in [0.2, 0.25) is 0 Å². The molecular formula is C20H29N3O4. The van der Waals surface area contributed by atoms with Gasteiger partial charge in [-0.2, -0.15) is 0 Å². The van der Waals surface area contributed by atoms with Crippen molar-refractivity contribution in [3.05, 3.63) is 23.8 Å². The molecule has 1 unspecified atom stereocenters. The third-order valence-electron chi connectivity index (χ3n) is 5.41. The number of aryl methyl sites for hydroxylation is 1. The average Bonchev–Trinajstić information content (AvgIpc) is 2.72. The predicted molar refractivity (Wildman–Crippen MR) is 102 cm³/mol. The van der Waals surface area contributed by atoms with Crippen molar-refractivity contribution in [1.82, 2.24) is 15.1 Å². The van der Waals surface area contributed by atoms with E-state index in [2.05, 4.69) is 5.32 Å². The van der Waals surface area contributed by atoms with Gasteiger partial charge in [0.25, 0.3) is 0 Å². The molecule has 2 aliphatic rings. The zero-order valence-electron chi connectivity index (χ0n) is 16.2. The number of piperazine rings is 1. The number of amides is 2. The summed E-state index contributed by atoms with van der Waals surface area (Å²) in [7, 11) is 3.26. The van der Waals surface area contributed by atoms with Crippen LogP contribution < -0.4 is 14.8 Å². The number of nitrogens with one attached hydrogen (secondary N) is 1. The van der Waals surface area contributed by atoms with Gasteiger partial charge in [0.1, 0.15) is 11.5 Å². The Balaban J connectivity index is 1.58. The molecule has 0 spiro atoms. The van der Waals surface area contributed by atoms with E-state index in [1.807, 2.05) is 28.0 Å². The van der Waals surface area contributed by atoms with E-state index < -0.39 is 0 Å². The van der Waals surface area contributed by atoms with Crippen molar-refractivity contribution in [2.24, 2.45) is 0 Å². The molecule has 1 N–H and O–H groups in total. The lowest BCUT2D eigenvalue weighted by atomic mass is 10.0. The van der Waals surface area contributed by atoms with Crippen LogP contribution in [0.15, 0.2) is 18.2 Å². The summed E-state index contributed by atoms with van der Waals surface area (Å²) in [4.78, 5) is 28.8. The van der Waals surface area contributed by atoms with Crippen molar-refractivity contribution in [3.8, 4) is 11.5 Å². The number of nitrogens with zero attached hydrogens (tertiary/aromatic N) is 2. The number of hydrogen-bond donors (Lipinski definition) is 1. The molecule has 2 fully saturated rings. The molecule has 0 aliphatic carbocycles. The molecule has 2 aliphatic heterocycles. The number of hydrogen-bond acceptors (Lipinski definition) is 5. The number of methoxy groups -OCH3 is 2. The van der Waals surface area contributed by atoms with Crippen LogP contribution in [0.25, 0.3) is 0 Å². The fraction of sp³-hybridized carbons (Fsp3) is 0.600. The highest BCUT2D eigenvalue weighted by Gasteiger charge is 2.31. The number of rotatable bonds is 6. The van der Waals surface area contributed by atoms with Gasteiger partial charge in [0.05, 0.1) is 20.8 Å². The van der Waals surface area contributed by atoms with E-state index >= 15 is 0 Å². The zero-order chi connectivity index (χ0) is 19.2. The first-order valence-electron chi connectivity index (χ1n) is 9.61. The van der Waals surface area contributed by atoms with Gasteiger partial charge in [0.2, 0.25) is 11.8 Å². The van der Waals surface area contributed by atoms with Crippen LogP contribution in [0.4, 0.5) is 0 Å². The summed E-state index contributed by atoms with van der Waals surface area (Å²) in [6.45, 7) is 3.36. The maximum atomic E-state index is 12.8. The van der Waals surface area contributed by atoms with Crippen molar-refractivity contribution >= 4 is 11.8 Å². The predicted octanol–water partition coefficient (Wildman–Crippen LogP) is 1.06. The van der Waals surface area contributed by atoms with Crippen LogP contribution in [0.3, 0.4) is 0 Å². The van der Waals surface area contributed by atoms with Gasteiger partial charge in [-0.1, -0.05) is 0 Å². The number of carbonyl (C=O) groups excluding carboxylic acids is 2. The third kappa shape index (κ3) is 4.71. The van der Waals surface area contributed by atoms with Crippen molar-refractivity contribution in [3.63, 3.8) is 0 Å². The van der Waals surface area contributed by atoms with E-state index in [0.29, 0.717) is 25.9 Å². The fourth-order valence-electron chi connectivity index (χ4n) is 3.92. The molecule has 0 bridgehead atoms. The first kappa shape index (κ1) is 19.5. The lowest BCUT2D eigenvalue weighted by Crippen LogP contribution is -2.57. The first-order valence-corrected chi connectivity index (χ1v) is 9.61. The Morgan fingerprint density at radius 2 is 2.11 bits per heavy atom. The number of carbonyl (C=O) groups is 2. The molecule has 7 nitrogen and oxygen atoms in total. The van der Waals surface area contributed by atoms with Gasteiger partial charge in [0.15, 0.2) is 0 Å². The lowest BCUT2D eigenvalue weighted by molar-refractivity contribution is -0.140. The smallest absolute Gasteiger partial charge is 0.236 e. The van der Waals surface area contributed by atoms with Gasteiger partial charge in [-0.05, 0) is 43.0 Å². The van der Waals surface area contributed by atoms with Gasteiger partial charge >= 0.3 is 0 Å². The van der Waals surface area contributed by atoms with Gasteiger partial charge in [-0.3, -0.25) is 9.59 Å². The number of benzene rings is 1. The number of ether oxygens (including phenoxy) is 2. The highest BCUT2D eigenvalue weighted by Crippen LogP contribution is 2.26. The molecule has 1 aromatic carbocycles. The highest BCUT2D eigenvalue weighted by molar-refractivity contribution is 5.80. The second-order valence-electron chi connectivity index (χ2n) is 7.08. The molecular weight excluding hydrogens is 346 g/mol. The SMILES string of the molecule is COc1ccc(OC)c(CCC(=O)N2CCCC(N3CCNCC3=O)C2)c1. The molecule has 2 heterocycles. The van der Waals surface area contributed by atoms with Gasteiger partial charge in [-0.25, -0.2) is 0 Å². The van der Waals surface area contributed by atoms with Gasteiger partial charge in [-0.15, -0.1) is 0 Å². The quantitative estimate of drug-likeness (QED) is 0.805. The Kier molecular flexibility index (Phi) is 6.55. The summed E-state index contributed by atoms with van der Waals surface area (Å²) in [5.41, 5.74) is 0.969. The Morgan fingerprint density at radius 1 is 1.26 bits per heavy atom. The van der Waals surface area contributed by atoms with Crippen LogP contribution in [0.1, 0.15) is 24.8 Å². The summed E-state index contributed by atoms with van der Waals surface area (Å²) < 4.78 is 10.7. The van der Waals surface area contributed by atoms with E-state index in [4.69, 9.17) is 9.47 Å². The summed E-state index contributed by atoms with van der Waals surface area (Å²) in [6.07, 6.45) is 2.94. The summed E-state index contributed by atoms with van der Waals surface area (Å²) in [6, 6.07) is 5.78. The minimum atomic E-state index is 0.132. The Labute approximate surface area is 160 Å². The van der Waals surface area contributed by atoms with Crippen molar-refractivity contribution in [2.75, 3.05) is 46.9 Å². The molecule has 7 heteroatoms. The zero-order valence-corrected chi connectivity index (χ0v) is 16.2. The molecule has 0 aromatic heterocycles. The van der Waals surface area contributed by atoms with Crippen LogP contribution in [-0.2, 0) is 16.0 Å². The van der Waals surface area contributed by atoms with Crippen molar-refractivity contribution in [2.45, 2.75) is 31.7 Å². The van der Waals surface area contributed by atoms with E-state index in [0.717, 1.165) is 49.5 Å². The number of piperidine rings is 1. The topological polar surface area (TPSA) is 71.1 Å². The number of likely N-dealkylation sites (tertiary alicyclic amines) is 1. The van der Waals surface area contributed by atoms with Crippen molar-refractivity contribution in [1.29, 1.82) is 0 Å². The fourth-order valence-corrected chi connectivity index (χ4v) is 3.92. The molecule has 0 saturated carbocycles. The Morgan fingerprint density at radius 3 is 2.85 bits per heavy atom. The minimum Gasteiger partial charge on any atom is -0.497 e. The normalized spacial score (nSPS) is 20.5. The molecule has 1 atom stereocenters. The van der Waals surface area contributed by atoms with Gasteiger partial charge < -0.3 is 24.6 Å². The van der Waals surface area contributed by atoms with Gasteiger partial charge in [0, 0.05) is 38.6 Å². The third-order valence-corrected chi connectivity index (χ3v) is 5.41. The van der Waals surface area contributed by atoms with Crippen LogP contribution >= 0.6 is 0 Å². The second kappa shape index (κ2) is 9.08. The van der Waals surface area contributed by atoms with Crippen LogP contribution in [0.5, 0.6) is 11.5 Å². The standard InChI is InChI=1S/C20H29N3O4/c1-26-17-6-7-18(27-2)15(12-17)5-8-19(24)22-10-3-4-16(14-22)23-11-9-21-13-20(23)25/h6-7,12,16,21H,3-5,8-11,13-14H2,1-2H3. The molecule has 3 rings (SSSR count). The summed E-state index contributed by atoms with van der Waals surface area (Å²) >= 11 is 0. The molecule has 148 valence electrons. The molecule has 2 amide bonds. The molecule has 2 saturated heterocycles. The maximum Gasteiger partial charge on any atom is 0.236 e. The minimum absolute atomic E-state index is 0.132. The van der Waals surface area contributed by atoms with Crippen LogP contribution in [0, 0.1) is 0 Å². The van der Waals surface area contributed by atoms with E-state index in [-0.39, 0.29) is 17.9 Å². The van der Waals surface area contributed by atoms with E-state index in [9.17, 15) is 9.59 Å². The molecule has 27 heavy (non-hydrogen) atoms. The largest absolute Gasteiger partial charge is 0.497 e. The molecule has 0 radical (unpaired) electrons. The highest BCUT2D eigenvalue weighted by atomic mass is 16.5.